The lowest BCUT2D eigenvalue weighted by atomic mass is 9.94. The second-order valence-corrected chi connectivity index (χ2v) is 8.43. The maximum Gasteiger partial charge on any atom is 0.226 e. The van der Waals surface area contributed by atoms with Crippen LogP contribution in [0.4, 0.5) is 5.82 Å². The summed E-state index contributed by atoms with van der Waals surface area (Å²) < 4.78 is 0. The number of aryl methyl sites for hydroxylation is 2. The van der Waals surface area contributed by atoms with E-state index in [1.54, 1.807) is 17.7 Å². The zero-order valence-electron chi connectivity index (χ0n) is 16.2. The fourth-order valence-corrected chi connectivity index (χ4v) is 4.66. The van der Waals surface area contributed by atoms with E-state index in [-0.39, 0.29) is 11.8 Å². The number of fused-ring (bicyclic) bond motifs is 1. The summed E-state index contributed by atoms with van der Waals surface area (Å²) in [6, 6.07) is 0. The van der Waals surface area contributed by atoms with Crippen LogP contribution in [0.2, 0.25) is 0 Å². The van der Waals surface area contributed by atoms with E-state index in [9.17, 15) is 4.79 Å². The monoisotopic (exact) mass is 372 g/mol. The number of hydrogen-bond donors (Lipinski definition) is 0. The van der Waals surface area contributed by atoms with Crippen molar-refractivity contribution in [3.63, 3.8) is 0 Å². The topological polar surface area (TPSA) is 49.3 Å². The fourth-order valence-electron chi connectivity index (χ4n) is 3.67. The molecule has 3 rings (SSSR count). The minimum absolute atomic E-state index is 0.105. The summed E-state index contributed by atoms with van der Waals surface area (Å²) in [6.07, 6.45) is 3.41. The summed E-state index contributed by atoms with van der Waals surface area (Å²) in [4.78, 5) is 28.4. The van der Waals surface area contributed by atoms with Crippen LogP contribution in [-0.4, -0.2) is 47.0 Å². The normalized spacial score (nSPS) is 15.5. The van der Waals surface area contributed by atoms with E-state index in [0.717, 1.165) is 48.7 Å². The Labute approximate surface area is 159 Å². The highest BCUT2D eigenvalue weighted by Gasteiger charge is 2.29. The third-order valence-electron chi connectivity index (χ3n) is 5.24. The number of anilines is 1. The van der Waals surface area contributed by atoms with Crippen molar-refractivity contribution < 1.29 is 4.79 Å². The second kappa shape index (κ2) is 7.74. The molecule has 5 nitrogen and oxygen atoms in total. The van der Waals surface area contributed by atoms with Crippen LogP contribution in [0.5, 0.6) is 0 Å². The van der Waals surface area contributed by atoms with Crippen LogP contribution < -0.4 is 4.90 Å². The molecule has 0 unspecified atom stereocenters. The summed E-state index contributed by atoms with van der Waals surface area (Å²) in [5.74, 6) is 1.40. The molecule has 3 heterocycles. The van der Waals surface area contributed by atoms with E-state index in [4.69, 9.17) is 0 Å². The summed E-state index contributed by atoms with van der Waals surface area (Å²) in [6.45, 7) is 15.4. The molecule has 2 aromatic rings. The minimum atomic E-state index is 0.105. The van der Waals surface area contributed by atoms with Gasteiger partial charge in [0, 0.05) is 37.0 Å². The lowest BCUT2D eigenvalue weighted by molar-refractivity contribution is -0.135. The molecular weight excluding hydrogens is 344 g/mol. The summed E-state index contributed by atoms with van der Waals surface area (Å²) in [5, 5.41) is 1.18. The van der Waals surface area contributed by atoms with E-state index >= 15 is 0 Å². The Morgan fingerprint density at radius 1 is 1.35 bits per heavy atom. The predicted octanol–water partition coefficient (Wildman–Crippen LogP) is 3.95. The quantitative estimate of drug-likeness (QED) is 0.746. The van der Waals surface area contributed by atoms with E-state index in [0.29, 0.717) is 6.54 Å². The Morgan fingerprint density at radius 3 is 2.65 bits per heavy atom. The molecule has 1 amide bonds. The van der Waals surface area contributed by atoms with Gasteiger partial charge in [-0.05, 0) is 46.1 Å². The molecule has 1 aliphatic rings. The lowest BCUT2D eigenvalue weighted by Gasteiger charge is -2.35. The number of likely N-dealkylation sites (N-methyl/N-ethyl adjacent to an activating group) is 1. The van der Waals surface area contributed by atoms with Gasteiger partial charge in [-0.15, -0.1) is 11.3 Å². The summed E-state index contributed by atoms with van der Waals surface area (Å²) >= 11 is 1.73. The Kier molecular flexibility index (Phi) is 5.61. The third kappa shape index (κ3) is 3.61. The first-order valence-corrected chi connectivity index (χ1v) is 10.1. The van der Waals surface area contributed by atoms with E-state index in [2.05, 4.69) is 35.3 Å². The van der Waals surface area contributed by atoms with Crippen molar-refractivity contribution in [3.05, 3.63) is 28.9 Å². The third-order valence-corrected chi connectivity index (χ3v) is 6.36. The Morgan fingerprint density at radius 2 is 2.04 bits per heavy atom. The molecule has 1 saturated heterocycles. The van der Waals surface area contributed by atoms with Crippen molar-refractivity contribution in [3.8, 4) is 0 Å². The number of rotatable bonds is 5. The molecule has 0 radical (unpaired) electrons. The van der Waals surface area contributed by atoms with Crippen LogP contribution in [0.3, 0.4) is 0 Å². The van der Waals surface area contributed by atoms with Crippen molar-refractivity contribution in [2.24, 2.45) is 5.92 Å². The summed E-state index contributed by atoms with van der Waals surface area (Å²) in [7, 11) is 0. The molecule has 0 aromatic carbocycles. The van der Waals surface area contributed by atoms with E-state index < -0.39 is 0 Å². The van der Waals surface area contributed by atoms with Crippen molar-refractivity contribution in [1.29, 1.82) is 0 Å². The molecule has 1 aliphatic heterocycles. The van der Waals surface area contributed by atoms with E-state index in [1.165, 1.54) is 15.8 Å². The molecule has 0 atom stereocenters. The van der Waals surface area contributed by atoms with Crippen molar-refractivity contribution in [2.75, 3.05) is 31.1 Å². The summed E-state index contributed by atoms with van der Waals surface area (Å²) in [5.41, 5.74) is 2.31. The number of piperidine rings is 1. The van der Waals surface area contributed by atoms with Gasteiger partial charge in [0.2, 0.25) is 5.91 Å². The van der Waals surface area contributed by atoms with Gasteiger partial charge < -0.3 is 9.80 Å². The smallest absolute Gasteiger partial charge is 0.226 e. The average molecular weight is 373 g/mol. The van der Waals surface area contributed by atoms with Crippen molar-refractivity contribution in [2.45, 2.75) is 40.5 Å². The molecule has 0 aliphatic carbocycles. The number of hydrogen-bond acceptors (Lipinski definition) is 5. The standard InChI is InChI=1S/C20H28N4OS/c1-6-23(11-13(2)3)20(25)16-7-9-24(10-8-16)18-17-14(4)15(5)26-19(17)22-12-21-18/h12,16H,2,6-11H2,1,3-5H3. The predicted molar refractivity (Wildman–Crippen MR) is 109 cm³/mol. The SMILES string of the molecule is C=C(C)CN(CC)C(=O)C1CCN(c2ncnc3sc(C)c(C)c23)CC1. The van der Waals surface area contributed by atoms with Gasteiger partial charge in [0.1, 0.15) is 17.0 Å². The molecule has 6 heteroatoms. The zero-order valence-corrected chi connectivity index (χ0v) is 17.0. The van der Waals surface area contributed by atoms with E-state index in [1.807, 2.05) is 18.7 Å². The second-order valence-electron chi connectivity index (χ2n) is 7.23. The first-order chi connectivity index (χ1) is 12.4. The van der Waals surface area contributed by atoms with Gasteiger partial charge in [0.25, 0.3) is 0 Å². The van der Waals surface area contributed by atoms with Crippen LogP contribution >= 0.6 is 11.3 Å². The van der Waals surface area contributed by atoms with Crippen LogP contribution in [0.1, 0.15) is 37.1 Å². The van der Waals surface area contributed by atoms with Crippen molar-refractivity contribution >= 4 is 33.3 Å². The van der Waals surface area contributed by atoms with Gasteiger partial charge in [0.05, 0.1) is 5.39 Å². The maximum atomic E-state index is 12.8. The molecule has 26 heavy (non-hydrogen) atoms. The minimum Gasteiger partial charge on any atom is -0.356 e. The molecule has 0 N–H and O–H groups in total. The van der Waals surface area contributed by atoms with Crippen LogP contribution in [-0.2, 0) is 4.79 Å². The molecule has 140 valence electrons. The Balaban J connectivity index is 1.73. The Bertz CT molecular complexity index is 821. The van der Waals surface area contributed by atoms with Gasteiger partial charge in [-0.1, -0.05) is 12.2 Å². The largest absolute Gasteiger partial charge is 0.356 e. The highest BCUT2D eigenvalue weighted by molar-refractivity contribution is 7.18. The number of nitrogens with zero attached hydrogens (tertiary/aromatic N) is 4. The van der Waals surface area contributed by atoms with Gasteiger partial charge in [-0.3, -0.25) is 4.79 Å². The highest BCUT2D eigenvalue weighted by atomic mass is 32.1. The first kappa shape index (κ1) is 18.8. The molecule has 2 aromatic heterocycles. The Hall–Kier alpha value is -1.95. The first-order valence-electron chi connectivity index (χ1n) is 9.31. The van der Waals surface area contributed by atoms with Gasteiger partial charge in [-0.2, -0.15) is 0 Å². The average Bonchev–Trinajstić information content (AvgIpc) is 2.93. The number of thiophene rings is 1. The number of carbonyl (C=O) groups excluding carboxylic acids is 1. The van der Waals surface area contributed by atoms with Gasteiger partial charge >= 0.3 is 0 Å². The fraction of sp³-hybridized carbons (Fsp3) is 0.550. The van der Waals surface area contributed by atoms with Crippen LogP contribution in [0.25, 0.3) is 10.2 Å². The number of carbonyl (C=O) groups is 1. The zero-order chi connectivity index (χ0) is 18.8. The lowest BCUT2D eigenvalue weighted by Crippen LogP contribution is -2.43. The van der Waals surface area contributed by atoms with Gasteiger partial charge in [-0.25, -0.2) is 9.97 Å². The maximum absolute atomic E-state index is 12.8. The molecule has 0 bridgehead atoms. The van der Waals surface area contributed by atoms with Crippen LogP contribution in [0, 0.1) is 19.8 Å². The van der Waals surface area contributed by atoms with Crippen molar-refractivity contribution in [1.82, 2.24) is 14.9 Å². The molecule has 0 spiro atoms. The number of aromatic nitrogens is 2. The molecule has 0 saturated carbocycles. The van der Waals surface area contributed by atoms with Gasteiger partial charge in [0.15, 0.2) is 0 Å². The van der Waals surface area contributed by atoms with Crippen LogP contribution in [0.15, 0.2) is 18.5 Å². The molecular formula is C20H28N4OS. The number of amides is 1. The molecule has 1 fully saturated rings. The highest BCUT2D eigenvalue weighted by Crippen LogP contribution is 2.35.